The molecule has 0 atom stereocenters. The Morgan fingerprint density at radius 3 is 1.86 bits per heavy atom. The SMILES string of the molecule is Cc1c(N)cc(S(=O)(=O)[O-])cc1N.[Na+]. The van der Waals surface area contributed by atoms with Crippen LogP contribution < -0.4 is 41.0 Å². The fraction of sp³-hybridized carbons (Fsp3) is 0.143. The van der Waals surface area contributed by atoms with E-state index < -0.39 is 15.0 Å². The van der Waals surface area contributed by atoms with Crippen LogP contribution in [0.5, 0.6) is 0 Å². The van der Waals surface area contributed by atoms with Crippen molar-refractivity contribution in [1.29, 1.82) is 0 Å². The summed E-state index contributed by atoms with van der Waals surface area (Å²) in [6.07, 6.45) is 0. The minimum absolute atomic E-state index is 0. The molecule has 7 heteroatoms. The van der Waals surface area contributed by atoms with E-state index in [1.54, 1.807) is 6.92 Å². The normalized spacial score (nSPS) is 10.7. The molecular weight excluding hydrogens is 215 g/mol. The molecule has 0 aliphatic heterocycles. The Hall–Kier alpha value is -0.270. The molecule has 0 heterocycles. The standard InChI is InChI=1S/C7H10N2O3S.Na/c1-4-6(8)2-5(3-7(4)9)13(10,11)12;/h2-3H,8-9H2,1H3,(H,10,11,12);/q;+1/p-1. The van der Waals surface area contributed by atoms with Crippen molar-refractivity contribution in [3.8, 4) is 0 Å². The molecule has 0 unspecified atom stereocenters. The third kappa shape index (κ3) is 2.86. The van der Waals surface area contributed by atoms with E-state index in [4.69, 9.17) is 11.5 Å². The van der Waals surface area contributed by atoms with Crippen LogP contribution in [-0.2, 0) is 10.1 Å². The van der Waals surface area contributed by atoms with Crippen LogP contribution in [0.4, 0.5) is 11.4 Å². The zero-order valence-corrected chi connectivity index (χ0v) is 10.8. The first kappa shape index (κ1) is 13.7. The molecule has 0 amide bonds. The molecule has 0 aliphatic carbocycles. The smallest absolute Gasteiger partial charge is 0.744 e. The Balaban J connectivity index is 0.00000169. The van der Waals surface area contributed by atoms with E-state index in [0.29, 0.717) is 5.56 Å². The average Bonchev–Trinajstić information content (AvgIpc) is 1.97. The van der Waals surface area contributed by atoms with Crippen molar-refractivity contribution in [3.63, 3.8) is 0 Å². The summed E-state index contributed by atoms with van der Waals surface area (Å²) in [5, 5.41) is 0. The first-order chi connectivity index (χ1) is 5.82. The van der Waals surface area contributed by atoms with Gasteiger partial charge < -0.3 is 16.0 Å². The molecule has 72 valence electrons. The third-order valence-electron chi connectivity index (χ3n) is 1.75. The monoisotopic (exact) mass is 224 g/mol. The molecule has 0 saturated heterocycles. The van der Waals surface area contributed by atoms with E-state index in [0.717, 1.165) is 12.1 Å². The van der Waals surface area contributed by atoms with Crippen LogP contribution in [0.2, 0.25) is 0 Å². The van der Waals surface area contributed by atoms with Crippen LogP contribution >= 0.6 is 0 Å². The van der Waals surface area contributed by atoms with Gasteiger partial charge in [-0.25, -0.2) is 8.42 Å². The molecule has 1 rings (SSSR count). The van der Waals surface area contributed by atoms with Crippen LogP contribution in [0.15, 0.2) is 17.0 Å². The van der Waals surface area contributed by atoms with E-state index in [1.165, 1.54) is 0 Å². The predicted molar refractivity (Wildman–Crippen MR) is 48.0 cm³/mol. The molecule has 0 fully saturated rings. The van der Waals surface area contributed by atoms with Crippen LogP contribution in [0.1, 0.15) is 5.56 Å². The summed E-state index contributed by atoms with van der Waals surface area (Å²) in [5.41, 5.74) is 11.9. The topological polar surface area (TPSA) is 109 Å². The zero-order valence-electron chi connectivity index (χ0n) is 7.94. The van der Waals surface area contributed by atoms with E-state index in [9.17, 15) is 13.0 Å². The van der Waals surface area contributed by atoms with Gasteiger partial charge in [0.2, 0.25) is 0 Å². The molecule has 0 saturated carbocycles. The van der Waals surface area contributed by atoms with E-state index >= 15 is 0 Å². The zero-order chi connectivity index (χ0) is 10.2. The molecule has 1 aromatic carbocycles. The van der Waals surface area contributed by atoms with Gasteiger partial charge in [0, 0.05) is 11.4 Å². The summed E-state index contributed by atoms with van der Waals surface area (Å²) in [4.78, 5) is -0.395. The molecule has 0 aromatic heterocycles. The van der Waals surface area contributed by atoms with Crippen molar-refractivity contribution in [1.82, 2.24) is 0 Å². The number of nitrogens with two attached hydrogens (primary N) is 2. The summed E-state index contributed by atoms with van der Waals surface area (Å²) in [5.74, 6) is 0. The molecule has 0 spiro atoms. The van der Waals surface area contributed by atoms with Gasteiger partial charge in [0.1, 0.15) is 10.1 Å². The van der Waals surface area contributed by atoms with E-state index in [2.05, 4.69) is 0 Å². The van der Waals surface area contributed by atoms with Crippen molar-refractivity contribution < 1.29 is 42.5 Å². The number of hydrogen-bond donors (Lipinski definition) is 2. The van der Waals surface area contributed by atoms with Gasteiger partial charge in [0.05, 0.1) is 4.90 Å². The van der Waals surface area contributed by atoms with Gasteiger partial charge in [-0.2, -0.15) is 0 Å². The van der Waals surface area contributed by atoms with Crippen molar-refractivity contribution in [2.24, 2.45) is 0 Å². The minimum atomic E-state index is -4.47. The number of nitrogen functional groups attached to an aromatic ring is 2. The first-order valence-electron chi connectivity index (χ1n) is 3.44. The third-order valence-corrected chi connectivity index (χ3v) is 2.56. The number of benzene rings is 1. The molecule has 5 nitrogen and oxygen atoms in total. The average molecular weight is 224 g/mol. The fourth-order valence-electron chi connectivity index (χ4n) is 0.876. The van der Waals surface area contributed by atoms with Crippen LogP contribution in [0.3, 0.4) is 0 Å². The Bertz CT molecular complexity index is 421. The maximum absolute atomic E-state index is 10.6. The fourth-order valence-corrected chi connectivity index (χ4v) is 1.42. The van der Waals surface area contributed by atoms with Crippen LogP contribution in [-0.4, -0.2) is 13.0 Å². The maximum Gasteiger partial charge on any atom is 1.00 e. The summed E-state index contributed by atoms with van der Waals surface area (Å²) >= 11 is 0. The van der Waals surface area contributed by atoms with Gasteiger partial charge in [0.25, 0.3) is 0 Å². The number of hydrogen-bond acceptors (Lipinski definition) is 5. The quantitative estimate of drug-likeness (QED) is 0.301. The van der Waals surface area contributed by atoms with Gasteiger partial charge in [-0.05, 0) is 24.6 Å². The molecule has 4 N–H and O–H groups in total. The van der Waals surface area contributed by atoms with Gasteiger partial charge in [-0.1, -0.05) is 0 Å². The Labute approximate surface area is 105 Å². The summed E-state index contributed by atoms with van der Waals surface area (Å²) in [7, 11) is -4.47. The largest absolute Gasteiger partial charge is 1.00 e. The van der Waals surface area contributed by atoms with Gasteiger partial charge in [-0.15, -0.1) is 0 Å². The van der Waals surface area contributed by atoms with Gasteiger partial charge >= 0.3 is 29.6 Å². The molecule has 1 aromatic rings. The van der Waals surface area contributed by atoms with Crippen LogP contribution in [0, 0.1) is 6.92 Å². The Morgan fingerprint density at radius 1 is 1.21 bits per heavy atom. The van der Waals surface area contributed by atoms with Crippen molar-refractivity contribution in [2.45, 2.75) is 11.8 Å². The van der Waals surface area contributed by atoms with Crippen molar-refractivity contribution in [3.05, 3.63) is 17.7 Å². The van der Waals surface area contributed by atoms with Crippen molar-refractivity contribution >= 4 is 21.5 Å². The minimum Gasteiger partial charge on any atom is -0.744 e. The van der Waals surface area contributed by atoms with Gasteiger partial charge in [0.15, 0.2) is 0 Å². The second-order valence-electron chi connectivity index (χ2n) is 2.68. The second-order valence-corrected chi connectivity index (χ2v) is 4.06. The molecule has 0 bridgehead atoms. The molecule has 0 radical (unpaired) electrons. The number of anilines is 2. The van der Waals surface area contributed by atoms with Crippen LogP contribution in [0.25, 0.3) is 0 Å². The molecule has 14 heavy (non-hydrogen) atoms. The summed E-state index contributed by atoms with van der Waals surface area (Å²) in [6.45, 7) is 1.64. The van der Waals surface area contributed by atoms with E-state index in [1.807, 2.05) is 0 Å². The summed E-state index contributed by atoms with van der Waals surface area (Å²) < 4.78 is 31.7. The second kappa shape index (κ2) is 4.50. The molecular formula is C7H9N2NaO3S. The Morgan fingerprint density at radius 2 is 1.57 bits per heavy atom. The van der Waals surface area contributed by atoms with Crippen molar-refractivity contribution in [2.75, 3.05) is 11.5 Å². The van der Waals surface area contributed by atoms with Gasteiger partial charge in [-0.3, -0.25) is 0 Å². The number of rotatable bonds is 1. The molecule has 0 aliphatic rings. The maximum atomic E-state index is 10.6. The Kier molecular flexibility index (Phi) is 4.41. The summed E-state index contributed by atoms with van der Waals surface area (Å²) in [6, 6.07) is 2.21. The van der Waals surface area contributed by atoms with E-state index in [-0.39, 0.29) is 40.9 Å². The predicted octanol–water partition coefficient (Wildman–Crippen LogP) is -2.93. The first-order valence-corrected chi connectivity index (χ1v) is 4.84.